The zero-order chi connectivity index (χ0) is 15.5. The van der Waals surface area contributed by atoms with Crippen LogP contribution in [0.25, 0.3) is 0 Å². The molecule has 0 bridgehead atoms. The van der Waals surface area contributed by atoms with Crippen molar-refractivity contribution in [2.75, 3.05) is 19.6 Å². The number of rotatable bonds is 5. The normalized spacial score (nSPS) is 19.7. The molecule has 1 saturated carbocycles. The molecule has 2 heterocycles. The van der Waals surface area contributed by atoms with Gasteiger partial charge in [-0.25, -0.2) is 9.97 Å². The zero-order valence-corrected chi connectivity index (χ0v) is 13.6. The molecule has 0 aromatic carbocycles. The van der Waals surface area contributed by atoms with Crippen LogP contribution in [0.3, 0.4) is 0 Å². The maximum absolute atomic E-state index is 12.7. The molecule has 2 aliphatic rings. The van der Waals surface area contributed by atoms with Crippen molar-refractivity contribution in [2.45, 2.75) is 51.5 Å². The van der Waals surface area contributed by atoms with Crippen molar-refractivity contribution >= 4 is 5.91 Å². The van der Waals surface area contributed by atoms with Gasteiger partial charge in [-0.2, -0.15) is 0 Å². The Morgan fingerprint density at radius 3 is 2.68 bits per heavy atom. The lowest BCUT2D eigenvalue weighted by atomic mass is 10.0. The lowest BCUT2D eigenvalue weighted by Crippen LogP contribution is -2.45. The molecule has 2 fully saturated rings. The standard InChI is InChI=1S/C17H26N4O/c1-12(2)16-15(10-18-11-20-16)17(22)21-7-5-14(6-8-21)19-9-13-3-4-13/h10-14,19H,3-9H2,1-2H3. The van der Waals surface area contributed by atoms with Gasteiger partial charge in [-0.15, -0.1) is 0 Å². The number of hydrogen-bond acceptors (Lipinski definition) is 4. The molecule has 1 N–H and O–H groups in total. The molecule has 1 amide bonds. The molecule has 0 atom stereocenters. The Bertz CT molecular complexity index is 519. The third kappa shape index (κ3) is 3.64. The molecule has 1 saturated heterocycles. The molecular weight excluding hydrogens is 276 g/mol. The van der Waals surface area contributed by atoms with Crippen molar-refractivity contribution in [3.8, 4) is 0 Å². The van der Waals surface area contributed by atoms with E-state index in [-0.39, 0.29) is 11.8 Å². The minimum Gasteiger partial charge on any atom is -0.338 e. The minimum absolute atomic E-state index is 0.0879. The molecule has 5 nitrogen and oxygen atoms in total. The molecule has 1 aromatic heterocycles. The van der Waals surface area contributed by atoms with Crippen LogP contribution in [0.1, 0.15) is 61.5 Å². The van der Waals surface area contributed by atoms with Crippen LogP contribution in [0, 0.1) is 5.92 Å². The van der Waals surface area contributed by atoms with Gasteiger partial charge in [0.2, 0.25) is 0 Å². The van der Waals surface area contributed by atoms with Gasteiger partial charge in [-0.1, -0.05) is 13.8 Å². The number of amides is 1. The summed E-state index contributed by atoms with van der Waals surface area (Å²) in [7, 11) is 0. The van der Waals surface area contributed by atoms with Gasteiger partial charge >= 0.3 is 0 Å². The molecular formula is C17H26N4O. The van der Waals surface area contributed by atoms with E-state index < -0.39 is 0 Å². The van der Waals surface area contributed by atoms with E-state index in [9.17, 15) is 4.79 Å². The van der Waals surface area contributed by atoms with E-state index in [1.807, 2.05) is 4.90 Å². The Morgan fingerprint density at radius 1 is 1.32 bits per heavy atom. The molecule has 5 heteroatoms. The van der Waals surface area contributed by atoms with Crippen LogP contribution < -0.4 is 5.32 Å². The Hall–Kier alpha value is -1.49. The highest BCUT2D eigenvalue weighted by Gasteiger charge is 2.27. The van der Waals surface area contributed by atoms with E-state index in [1.165, 1.54) is 19.2 Å². The fraction of sp³-hybridized carbons (Fsp3) is 0.706. The Labute approximate surface area is 132 Å². The highest BCUT2D eigenvalue weighted by Crippen LogP contribution is 2.28. The van der Waals surface area contributed by atoms with Gasteiger partial charge in [0.25, 0.3) is 5.91 Å². The number of aromatic nitrogens is 2. The quantitative estimate of drug-likeness (QED) is 0.906. The van der Waals surface area contributed by atoms with Gasteiger partial charge < -0.3 is 10.2 Å². The summed E-state index contributed by atoms with van der Waals surface area (Å²) in [6.45, 7) is 6.93. The predicted molar refractivity (Wildman–Crippen MR) is 85.8 cm³/mol. The Balaban J connectivity index is 1.57. The SMILES string of the molecule is CC(C)c1ncncc1C(=O)N1CCC(NCC2CC2)CC1. The largest absolute Gasteiger partial charge is 0.338 e. The van der Waals surface area contributed by atoms with E-state index in [2.05, 4.69) is 29.1 Å². The monoisotopic (exact) mass is 302 g/mol. The van der Waals surface area contributed by atoms with E-state index in [1.54, 1.807) is 6.20 Å². The summed E-state index contributed by atoms with van der Waals surface area (Å²) in [6.07, 6.45) is 8.06. The van der Waals surface area contributed by atoms with E-state index in [0.29, 0.717) is 11.6 Å². The van der Waals surface area contributed by atoms with Crippen molar-refractivity contribution in [1.82, 2.24) is 20.2 Å². The number of nitrogens with one attached hydrogen (secondary N) is 1. The second kappa shape index (κ2) is 6.73. The van der Waals surface area contributed by atoms with Crippen LogP contribution in [0.4, 0.5) is 0 Å². The first-order valence-electron chi connectivity index (χ1n) is 8.47. The number of carbonyl (C=O) groups excluding carboxylic acids is 1. The number of hydrogen-bond donors (Lipinski definition) is 1. The summed E-state index contributed by atoms with van der Waals surface area (Å²) >= 11 is 0. The molecule has 0 radical (unpaired) electrons. The van der Waals surface area contributed by atoms with Crippen molar-refractivity contribution in [3.05, 3.63) is 23.8 Å². The molecule has 1 aliphatic carbocycles. The van der Waals surface area contributed by atoms with Crippen molar-refractivity contribution < 1.29 is 4.79 Å². The fourth-order valence-corrected chi connectivity index (χ4v) is 3.08. The van der Waals surface area contributed by atoms with Gasteiger partial charge in [-0.3, -0.25) is 4.79 Å². The van der Waals surface area contributed by atoms with E-state index in [0.717, 1.165) is 44.1 Å². The highest BCUT2D eigenvalue weighted by molar-refractivity contribution is 5.95. The van der Waals surface area contributed by atoms with Gasteiger partial charge in [0.15, 0.2) is 0 Å². The van der Waals surface area contributed by atoms with Gasteiger partial charge in [-0.05, 0) is 44.1 Å². The molecule has 3 rings (SSSR count). The lowest BCUT2D eigenvalue weighted by Gasteiger charge is -2.33. The molecule has 22 heavy (non-hydrogen) atoms. The summed E-state index contributed by atoms with van der Waals surface area (Å²) in [5, 5.41) is 3.65. The topological polar surface area (TPSA) is 58.1 Å². The summed E-state index contributed by atoms with van der Waals surface area (Å²) in [5.41, 5.74) is 1.52. The van der Waals surface area contributed by atoms with Crippen LogP contribution >= 0.6 is 0 Å². The summed E-state index contributed by atoms with van der Waals surface area (Å²) in [6, 6.07) is 0.571. The van der Waals surface area contributed by atoms with E-state index >= 15 is 0 Å². The first kappa shape index (κ1) is 15.4. The fourth-order valence-electron chi connectivity index (χ4n) is 3.08. The smallest absolute Gasteiger partial charge is 0.257 e. The number of nitrogens with zero attached hydrogens (tertiary/aromatic N) is 3. The number of likely N-dealkylation sites (tertiary alicyclic amines) is 1. The predicted octanol–water partition coefficient (Wildman–Crippen LogP) is 2.20. The number of carbonyl (C=O) groups is 1. The summed E-state index contributed by atoms with van der Waals surface area (Å²) in [5.74, 6) is 1.24. The first-order valence-corrected chi connectivity index (χ1v) is 8.47. The van der Waals surface area contributed by atoms with Gasteiger partial charge in [0.05, 0.1) is 11.3 Å². The van der Waals surface area contributed by atoms with Crippen molar-refractivity contribution in [2.24, 2.45) is 5.92 Å². The highest BCUT2D eigenvalue weighted by atomic mass is 16.2. The minimum atomic E-state index is 0.0879. The maximum Gasteiger partial charge on any atom is 0.257 e. The van der Waals surface area contributed by atoms with Crippen LogP contribution in [-0.2, 0) is 0 Å². The summed E-state index contributed by atoms with van der Waals surface area (Å²) < 4.78 is 0. The van der Waals surface area contributed by atoms with Crippen LogP contribution in [0.2, 0.25) is 0 Å². The van der Waals surface area contributed by atoms with Crippen molar-refractivity contribution in [3.63, 3.8) is 0 Å². The second-order valence-corrected chi connectivity index (χ2v) is 6.89. The van der Waals surface area contributed by atoms with Crippen LogP contribution in [0.5, 0.6) is 0 Å². The first-order chi connectivity index (χ1) is 10.6. The summed E-state index contributed by atoms with van der Waals surface area (Å²) in [4.78, 5) is 23.0. The van der Waals surface area contributed by atoms with Crippen LogP contribution in [-0.4, -0.2) is 46.5 Å². The number of piperidine rings is 1. The Morgan fingerprint density at radius 2 is 2.05 bits per heavy atom. The molecule has 1 aromatic rings. The molecule has 1 aliphatic heterocycles. The van der Waals surface area contributed by atoms with Gasteiger partial charge in [0.1, 0.15) is 6.33 Å². The lowest BCUT2D eigenvalue weighted by molar-refractivity contribution is 0.0702. The second-order valence-electron chi connectivity index (χ2n) is 6.89. The third-order valence-corrected chi connectivity index (χ3v) is 4.69. The average molecular weight is 302 g/mol. The molecule has 0 spiro atoms. The van der Waals surface area contributed by atoms with E-state index in [4.69, 9.17) is 0 Å². The van der Waals surface area contributed by atoms with Crippen molar-refractivity contribution in [1.29, 1.82) is 0 Å². The third-order valence-electron chi connectivity index (χ3n) is 4.69. The van der Waals surface area contributed by atoms with Gasteiger partial charge in [0, 0.05) is 25.3 Å². The van der Waals surface area contributed by atoms with Crippen LogP contribution in [0.15, 0.2) is 12.5 Å². The average Bonchev–Trinajstić information content (AvgIpc) is 3.37. The zero-order valence-electron chi connectivity index (χ0n) is 13.6. The Kier molecular flexibility index (Phi) is 4.71. The molecule has 120 valence electrons. The maximum atomic E-state index is 12.7. The molecule has 0 unspecified atom stereocenters.